The largest absolute Gasteiger partial charge is 0.331 e. The van der Waals surface area contributed by atoms with Crippen LogP contribution in [-0.4, -0.2) is 27.3 Å². The third kappa shape index (κ3) is 10.8. The lowest BCUT2D eigenvalue weighted by atomic mass is 10.1. The molecule has 1 rings (SSSR count). The van der Waals surface area contributed by atoms with Crippen LogP contribution in [0.2, 0.25) is 0 Å². The highest BCUT2D eigenvalue weighted by Crippen LogP contribution is 2.21. The third-order valence-electron chi connectivity index (χ3n) is 4.27. The summed E-state index contributed by atoms with van der Waals surface area (Å²) in [5.74, 6) is -0.830. The van der Waals surface area contributed by atoms with Crippen LogP contribution in [0.15, 0.2) is 30.3 Å². The predicted molar refractivity (Wildman–Crippen MR) is 102 cm³/mol. The standard InChI is InChI=1S/C13H28O3.C8H10/c1-5-6-7-8-9-10-11-12-13(14-2,15-3)16-4;1-2-8-6-4-3-5-7-8/h5-12H2,1-4H3;3-7H,2H2,1H3. The average molecular weight is 339 g/mol. The van der Waals surface area contributed by atoms with Gasteiger partial charge in [-0.3, -0.25) is 0 Å². The van der Waals surface area contributed by atoms with Gasteiger partial charge in [-0.1, -0.05) is 82.7 Å². The third-order valence-corrected chi connectivity index (χ3v) is 4.27. The molecule has 3 nitrogen and oxygen atoms in total. The molecule has 0 fully saturated rings. The Morgan fingerprint density at radius 2 is 1.21 bits per heavy atom. The van der Waals surface area contributed by atoms with E-state index in [-0.39, 0.29) is 0 Å². The zero-order chi connectivity index (χ0) is 18.1. The lowest BCUT2D eigenvalue weighted by Gasteiger charge is -2.28. The van der Waals surface area contributed by atoms with Crippen LogP contribution in [0.25, 0.3) is 0 Å². The number of hydrogen-bond donors (Lipinski definition) is 0. The molecule has 0 N–H and O–H groups in total. The van der Waals surface area contributed by atoms with Crippen molar-refractivity contribution in [2.24, 2.45) is 0 Å². The first-order chi connectivity index (χ1) is 11.7. The lowest BCUT2D eigenvalue weighted by molar-refractivity contribution is -0.355. The van der Waals surface area contributed by atoms with Crippen LogP contribution in [0.1, 0.15) is 70.8 Å². The molecule has 0 unspecified atom stereocenters. The van der Waals surface area contributed by atoms with Crippen molar-refractivity contribution in [1.82, 2.24) is 0 Å². The van der Waals surface area contributed by atoms with Crippen LogP contribution in [-0.2, 0) is 20.6 Å². The predicted octanol–water partition coefficient (Wildman–Crippen LogP) is 5.97. The minimum atomic E-state index is -0.830. The van der Waals surface area contributed by atoms with E-state index in [1.807, 2.05) is 6.07 Å². The highest BCUT2D eigenvalue weighted by molar-refractivity contribution is 5.13. The van der Waals surface area contributed by atoms with Gasteiger partial charge in [0.05, 0.1) is 0 Å². The summed E-state index contributed by atoms with van der Waals surface area (Å²) < 4.78 is 15.7. The fraction of sp³-hybridized carbons (Fsp3) is 0.714. The maximum absolute atomic E-state index is 5.24. The monoisotopic (exact) mass is 338 g/mol. The quantitative estimate of drug-likeness (QED) is 0.347. The zero-order valence-corrected chi connectivity index (χ0v) is 16.5. The molecule has 0 amide bonds. The number of benzene rings is 1. The van der Waals surface area contributed by atoms with E-state index in [0.717, 1.165) is 19.3 Å². The van der Waals surface area contributed by atoms with Crippen LogP contribution in [0.5, 0.6) is 0 Å². The van der Waals surface area contributed by atoms with Gasteiger partial charge in [0.25, 0.3) is 5.97 Å². The first-order valence-corrected chi connectivity index (χ1v) is 9.37. The smallest absolute Gasteiger partial charge is 0.282 e. The van der Waals surface area contributed by atoms with E-state index in [0.29, 0.717) is 0 Å². The minimum absolute atomic E-state index is 0.796. The summed E-state index contributed by atoms with van der Waals surface area (Å²) in [6, 6.07) is 10.5. The Labute approximate surface area is 149 Å². The van der Waals surface area contributed by atoms with Crippen LogP contribution in [0, 0.1) is 0 Å². The van der Waals surface area contributed by atoms with Crippen molar-refractivity contribution in [3.63, 3.8) is 0 Å². The first-order valence-electron chi connectivity index (χ1n) is 9.37. The highest BCUT2D eigenvalue weighted by atomic mass is 16.9. The number of ether oxygens (including phenoxy) is 3. The van der Waals surface area contributed by atoms with Crippen molar-refractivity contribution in [1.29, 1.82) is 0 Å². The molecule has 1 aromatic rings. The molecule has 0 spiro atoms. The van der Waals surface area contributed by atoms with Gasteiger partial charge in [-0.25, -0.2) is 0 Å². The van der Waals surface area contributed by atoms with Crippen LogP contribution in [0.4, 0.5) is 0 Å². The van der Waals surface area contributed by atoms with E-state index < -0.39 is 5.97 Å². The Kier molecular flexibility index (Phi) is 15.0. The van der Waals surface area contributed by atoms with Crippen molar-refractivity contribution >= 4 is 0 Å². The van der Waals surface area contributed by atoms with Gasteiger partial charge in [0, 0.05) is 27.8 Å². The summed E-state index contributed by atoms with van der Waals surface area (Å²) in [6.45, 7) is 4.40. The van der Waals surface area contributed by atoms with Gasteiger partial charge in [0.2, 0.25) is 0 Å². The van der Waals surface area contributed by atoms with Crippen molar-refractivity contribution in [2.45, 2.75) is 77.6 Å². The van der Waals surface area contributed by atoms with Gasteiger partial charge in [0.15, 0.2) is 0 Å². The second-order valence-electron chi connectivity index (χ2n) is 6.01. The molecule has 3 heteroatoms. The Balaban J connectivity index is 0.000000546. The van der Waals surface area contributed by atoms with Crippen molar-refractivity contribution in [3.8, 4) is 0 Å². The number of methoxy groups -OCH3 is 3. The molecule has 0 atom stereocenters. The fourth-order valence-corrected chi connectivity index (χ4v) is 2.57. The van der Waals surface area contributed by atoms with E-state index in [2.05, 4.69) is 38.1 Å². The SMILES string of the molecule is CCCCCCCCCC(OC)(OC)OC.CCc1ccccc1. The van der Waals surface area contributed by atoms with Gasteiger partial charge in [0.1, 0.15) is 0 Å². The van der Waals surface area contributed by atoms with E-state index in [9.17, 15) is 0 Å². The second kappa shape index (κ2) is 15.6. The highest BCUT2D eigenvalue weighted by Gasteiger charge is 2.28. The molecule has 0 radical (unpaired) electrons. The summed E-state index contributed by atoms with van der Waals surface area (Å²) in [5, 5.41) is 0. The molecule has 0 saturated carbocycles. The maximum Gasteiger partial charge on any atom is 0.282 e. The molecule has 24 heavy (non-hydrogen) atoms. The van der Waals surface area contributed by atoms with Gasteiger partial charge in [-0.05, 0) is 18.4 Å². The molecule has 0 heterocycles. The molecule has 0 aliphatic rings. The van der Waals surface area contributed by atoms with Crippen molar-refractivity contribution in [3.05, 3.63) is 35.9 Å². The van der Waals surface area contributed by atoms with E-state index in [4.69, 9.17) is 14.2 Å². The van der Waals surface area contributed by atoms with Crippen molar-refractivity contribution < 1.29 is 14.2 Å². The number of aryl methyl sites for hydroxylation is 1. The molecule has 0 saturated heterocycles. The van der Waals surface area contributed by atoms with E-state index in [1.54, 1.807) is 21.3 Å². The number of hydrogen-bond acceptors (Lipinski definition) is 3. The minimum Gasteiger partial charge on any atom is -0.331 e. The summed E-state index contributed by atoms with van der Waals surface area (Å²) in [6.07, 6.45) is 10.9. The topological polar surface area (TPSA) is 27.7 Å². The normalized spacial score (nSPS) is 11.0. The van der Waals surface area contributed by atoms with Gasteiger partial charge in [-0.15, -0.1) is 0 Å². The van der Waals surface area contributed by atoms with E-state index in [1.165, 1.54) is 44.1 Å². The molecular weight excluding hydrogens is 300 g/mol. The average Bonchev–Trinajstić information content (AvgIpc) is 2.66. The molecule has 0 bridgehead atoms. The summed E-state index contributed by atoms with van der Waals surface area (Å²) >= 11 is 0. The fourth-order valence-electron chi connectivity index (χ4n) is 2.57. The Bertz CT molecular complexity index is 352. The Morgan fingerprint density at radius 3 is 1.62 bits per heavy atom. The lowest BCUT2D eigenvalue weighted by Crippen LogP contribution is -2.35. The van der Waals surface area contributed by atoms with Gasteiger partial charge in [-0.2, -0.15) is 0 Å². The zero-order valence-electron chi connectivity index (χ0n) is 16.5. The maximum atomic E-state index is 5.24. The molecule has 0 aliphatic carbocycles. The molecule has 140 valence electrons. The summed E-state index contributed by atoms with van der Waals surface area (Å²) in [4.78, 5) is 0. The number of rotatable bonds is 12. The molecule has 1 aromatic carbocycles. The van der Waals surface area contributed by atoms with Crippen molar-refractivity contribution in [2.75, 3.05) is 21.3 Å². The number of unbranched alkanes of at least 4 members (excludes halogenated alkanes) is 6. The van der Waals surface area contributed by atoms with Gasteiger partial charge >= 0.3 is 0 Å². The van der Waals surface area contributed by atoms with Crippen LogP contribution >= 0.6 is 0 Å². The van der Waals surface area contributed by atoms with Crippen LogP contribution in [0.3, 0.4) is 0 Å². The van der Waals surface area contributed by atoms with Crippen LogP contribution < -0.4 is 0 Å². The first kappa shape index (κ1) is 23.1. The molecular formula is C21H38O3. The Morgan fingerprint density at radius 1 is 0.708 bits per heavy atom. The molecule has 0 aliphatic heterocycles. The second-order valence-corrected chi connectivity index (χ2v) is 6.01. The summed E-state index contributed by atoms with van der Waals surface area (Å²) in [5.41, 5.74) is 1.41. The summed E-state index contributed by atoms with van der Waals surface area (Å²) in [7, 11) is 4.86. The Hall–Kier alpha value is -0.900. The van der Waals surface area contributed by atoms with E-state index >= 15 is 0 Å². The molecule has 0 aromatic heterocycles. The van der Waals surface area contributed by atoms with Gasteiger partial charge < -0.3 is 14.2 Å².